The van der Waals surface area contributed by atoms with Crippen LogP contribution in [0, 0.1) is 0 Å². The van der Waals surface area contributed by atoms with Crippen LogP contribution in [0.4, 0.5) is 23.1 Å². The van der Waals surface area contributed by atoms with E-state index in [4.69, 9.17) is 21.8 Å². The second kappa shape index (κ2) is 10.9. The van der Waals surface area contributed by atoms with Crippen molar-refractivity contribution in [3.05, 3.63) is 107 Å². The number of benzene rings is 3. The highest BCUT2D eigenvalue weighted by Gasteiger charge is 2.10. The van der Waals surface area contributed by atoms with E-state index in [1.165, 1.54) is 6.08 Å². The summed E-state index contributed by atoms with van der Waals surface area (Å²) in [5, 5.41) is 21.1. The molecule has 0 fully saturated rings. The fraction of sp³-hybridized carbons (Fsp3) is 0.0370. The van der Waals surface area contributed by atoms with Gasteiger partial charge in [-0.15, -0.1) is 0 Å². The Hall–Kier alpha value is -4.73. The molecule has 2 heterocycles. The molecule has 1 amide bonds. The molecule has 5 aromatic rings. The van der Waals surface area contributed by atoms with Crippen molar-refractivity contribution < 1.29 is 10.0 Å². The summed E-state index contributed by atoms with van der Waals surface area (Å²) >= 11 is 6.15. The number of hydroxylamine groups is 1. The van der Waals surface area contributed by atoms with Gasteiger partial charge in [0.2, 0.25) is 5.95 Å². The number of hydrogen-bond acceptors (Lipinski definition) is 7. The molecule has 0 bridgehead atoms. The van der Waals surface area contributed by atoms with Gasteiger partial charge in [0, 0.05) is 28.4 Å². The van der Waals surface area contributed by atoms with Crippen LogP contribution in [0.3, 0.4) is 0 Å². The van der Waals surface area contributed by atoms with Crippen LogP contribution in [0.25, 0.3) is 17.0 Å². The molecule has 0 aliphatic carbocycles. The van der Waals surface area contributed by atoms with Gasteiger partial charge in [-0.05, 0) is 47.5 Å². The molecule has 0 saturated carbocycles. The van der Waals surface area contributed by atoms with Gasteiger partial charge in [0.15, 0.2) is 0 Å². The zero-order valence-electron chi connectivity index (χ0n) is 19.5. The predicted octanol–water partition coefficient (Wildman–Crippen LogP) is 5.53. The zero-order valence-corrected chi connectivity index (χ0v) is 20.2. The monoisotopic (exact) mass is 511 g/mol. The summed E-state index contributed by atoms with van der Waals surface area (Å²) in [4.78, 5) is 20.5. The maximum absolute atomic E-state index is 11.1. The van der Waals surface area contributed by atoms with Crippen molar-refractivity contribution in [2.75, 3.05) is 10.6 Å². The summed E-state index contributed by atoms with van der Waals surface area (Å²) in [7, 11) is 0. The first-order valence-electron chi connectivity index (χ1n) is 11.4. The van der Waals surface area contributed by atoms with E-state index in [1.54, 1.807) is 22.4 Å². The predicted molar refractivity (Wildman–Crippen MR) is 144 cm³/mol. The van der Waals surface area contributed by atoms with Gasteiger partial charge >= 0.3 is 0 Å². The summed E-state index contributed by atoms with van der Waals surface area (Å²) in [5.41, 5.74) is 5.81. The van der Waals surface area contributed by atoms with E-state index in [9.17, 15) is 4.79 Å². The molecule has 0 aliphatic rings. The number of carbonyl (C=O) groups is 1. The number of fused-ring (bicyclic) bond motifs is 1. The van der Waals surface area contributed by atoms with Crippen LogP contribution >= 0.6 is 11.6 Å². The molecule has 0 aliphatic heterocycles. The van der Waals surface area contributed by atoms with Crippen molar-refractivity contribution >= 4 is 57.6 Å². The average molecular weight is 512 g/mol. The number of carbonyl (C=O) groups excluding carboxylic acids is 1. The van der Waals surface area contributed by atoms with E-state index in [0.717, 1.165) is 33.4 Å². The fourth-order valence-electron chi connectivity index (χ4n) is 3.70. The number of nitrogens with zero attached hydrogens (tertiary/aromatic N) is 4. The molecule has 4 N–H and O–H groups in total. The summed E-state index contributed by atoms with van der Waals surface area (Å²) in [5.74, 6) is 0.516. The molecule has 0 radical (unpaired) electrons. The van der Waals surface area contributed by atoms with Gasteiger partial charge in [0.1, 0.15) is 5.82 Å². The molecule has 0 saturated heterocycles. The Bertz CT molecular complexity index is 1580. The molecular weight excluding hydrogens is 490 g/mol. The van der Waals surface area contributed by atoms with Crippen molar-refractivity contribution in [2.45, 2.75) is 6.54 Å². The Morgan fingerprint density at radius 1 is 0.973 bits per heavy atom. The Labute approximate surface area is 217 Å². The van der Waals surface area contributed by atoms with E-state index in [1.807, 2.05) is 79.0 Å². The number of rotatable bonds is 8. The Balaban J connectivity index is 1.31. The zero-order chi connectivity index (χ0) is 25.6. The van der Waals surface area contributed by atoms with E-state index in [0.29, 0.717) is 23.3 Å². The van der Waals surface area contributed by atoms with Gasteiger partial charge < -0.3 is 10.6 Å². The second-order valence-electron chi connectivity index (χ2n) is 8.15. The highest BCUT2D eigenvalue weighted by Crippen LogP contribution is 2.27. The van der Waals surface area contributed by atoms with Crippen molar-refractivity contribution in [2.24, 2.45) is 0 Å². The lowest BCUT2D eigenvalue weighted by atomic mass is 10.1. The standard InChI is InChI=1S/C27H22ClN7O2/c28-20-4-3-5-21(14-20)30-26-23-6-1-2-7-24(23)32-27(33-26)31-22-15-29-35(17-22)16-19-10-8-18(9-11-19)12-13-25(36)34-37/h1-15,17,37H,16H2,(H,34,36)(H2,30,31,32,33). The summed E-state index contributed by atoms with van der Waals surface area (Å²) in [6.45, 7) is 0.558. The highest BCUT2D eigenvalue weighted by atomic mass is 35.5. The third kappa shape index (κ3) is 6.10. The first kappa shape index (κ1) is 24.0. The van der Waals surface area contributed by atoms with Gasteiger partial charge in [-0.3, -0.25) is 14.7 Å². The first-order chi connectivity index (χ1) is 18.1. The number of hydrogen-bond donors (Lipinski definition) is 4. The summed E-state index contributed by atoms with van der Waals surface area (Å²) in [6.07, 6.45) is 6.46. The number of anilines is 4. The van der Waals surface area contributed by atoms with E-state index in [2.05, 4.69) is 20.7 Å². The lowest BCUT2D eigenvalue weighted by Gasteiger charge is -2.11. The SMILES string of the molecule is O=C(C=Cc1ccc(Cn2cc(Nc3nc(Nc4cccc(Cl)c4)c4ccccc4n3)cn2)cc1)NO. The molecule has 9 nitrogen and oxygen atoms in total. The molecule has 0 atom stereocenters. The molecule has 5 rings (SSSR count). The molecule has 0 unspecified atom stereocenters. The van der Waals surface area contributed by atoms with Crippen LogP contribution in [-0.4, -0.2) is 30.9 Å². The quantitative estimate of drug-likeness (QED) is 0.123. The molecular formula is C27H22ClN7O2. The maximum Gasteiger partial charge on any atom is 0.267 e. The van der Waals surface area contributed by atoms with Crippen LogP contribution in [0.15, 0.2) is 91.3 Å². The van der Waals surface area contributed by atoms with E-state index in [-0.39, 0.29) is 0 Å². The van der Waals surface area contributed by atoms with Crippen molar-refractivity contribution in [3.8, 4) is 0 Å². The Morgan fingerprint density at radius 3 is 2.62 bits per heavy atom. The number of halogens is 1. The lowest BCUT2D eigenvalue weighted by molar-refractivity contribution is -0.124. The van der Waals surface area contributed by atoms with Gasteiger partial charge in [-0.1, -0.05) is 54.1 Å². The molecule has 184 valence electrons. The highest BCUT2D eigenvalue weighted by molar-refractivity contribution is 6.30. The Morgan fingerprint density at radius 2 is 1.81 bits per heavy atom. The van der Waals surface area contributed by atoms with Gasteiger partial charge in [-0.2, -0.15) is 10.1 Å². The first-order valence-corrected chi connectivity index (χ1v) is 11.7. The normalized spacial score (nSPS) is 11.1. The number of nitrogens with one attached hydrogen (secondary N) is 3. The van der Waals surface area contributed by atoms with Crippen LogP contribution in [0.2, 0.25) is 5.02 Å². The maximum atomic E-state index is 11.1. The molecule has 10 heteroatoms. The van der Waals surface area contributed by atoms with Crippen LogP contribution in [-0.2, 0) is 11.3 Å². The lowest BCUT2D eigenvalue weighted by Crippen LogP contribution is -2.14. The summed E-state index contributed by atoms with van der Waals surface area (Å²) in [6, 6.07) is 22.9. The minimum Gasteiger partial charge on any atom is -0.340 e. The molecule has 2 aromatic heterocycles. The molecule has 0 spiro atoms. The van der Waals surface area contributed by atoms with Gasteiger partial charge in [0.25, 0.3) is 5.91 Å². The van der Waals surface area contributed by atoms with Crippen molar-refractivity contribution in [1.82, 2.24) is 25.2 Å². The van der Waals surface area contributed by atoms with E-state index < -0.39 is 5.91 Å². The number of amides is 1. The second-order valence-corrected chi connectivity index (χ2v) is 8.59. The van der Waals surface area contributed by atoms with Crippen LogP contribution in [0.1, 0.15) is 11.1 Å². The van der Waals surface area contributed by atoms with Gasteiger partial charge in [-0.25, -0.2) is 10.5 Å². The fourth-order valence-corrected chi connectivity index (χ4v) is 3.90. The minimum atomic E-state index is -0.580. The topological polar surface area (TPSA) is 117 Å². The minimum absolute atomic E-state index is 0.436. The number of aromatic nitrogens is 4. The van der Waals surface area contributed by atoms with Crippen molar-refractivity contribution in [3.63, 3.8) is 0 Å². The van der Waals surface area contributed by atoms with Gasteiger partial charge in [0.05, 0.1) is 23.9 Å². The summed E-state index contributed by atoms with van der Waals surface area (Å²) < 4.78 is 1.80. The van der Waals surface area contributed by atoms with Crippen LogP contribution < -0.4 is 16.1 Å². The average Bonchev–Trinajstić information content (AvgIpc) is 3.34. The smallest absolute Gasteiger partial charge is 0.267 e. The molecule has 3 aromatic carbocycles. The third-order valence-electron chi connectivity index (χ3n) is 5.44. The van der Waals surface area contributed by atoms with E-state index >= 15 is 0 Å². The van der Waals surface area contributed by atoms with Crippen molar-refractivity contribution in [1.29, 1.82) is 0 Å². The Kier molecular flexibility index (Phi) is 7.07. The molecule has 37 heavy (non-hydrogen) atoms. The number of para-hydroxylation sites is 1. The largest absolute Gasteiger partial charge is 0.340 e. The third-order valence-corrected chi connectivity index (χ3v) is 5.68. The van der Waals surface area contributed by atoms with Crippen LogP contribution in [0.5, 0.6) is 0 Å².